The first-order chi connectivity index (χ1) is 22.4. The number of rotatable bonds is 15. The quantitative estimate of drug-likeness (QED) is 0.0646. The van der Waals surface area contributed by atoms with E-state index < -0.39 is 47.9 Å². The van der Waals surface area contributed by atoms with E-state index in [1.165, 1.54) is 11.1 Å². The lowest BCUT2D eigenvalue weighted by Crippen LogP contribution is -2.47. The number of carbonyl (C=O) groups is 1. The second-order valence-corrected chi connectivity index (χ2v) is 17.4. The summed E-state index contributed by atoms with van der Waals surface area (Å²) in [4.78, 5) is 12.4. The first-order valence-electron chi connectivity index (χ1n) is 17.9. The molecule has 0 saturated heterocycles. The van der Waals surface area contributed by atoms with Crippen molar-refractivity contribution in [3.8, 4) is 5.75 Å². The van der Waals surface area contributed by atoms with Crippen LogP contribution >= 0.6 is 0 Å². The van der Waals surface area contributed by atoms with Gasteiger partial charge in [-0.25, -0.2) is 4.79 Å². The molecule has 1 unspecified atom stereocenters. The van der Waals surface area contributed by atoms with Crippen molar-refractivity contribution in [3.63, 3.8) is 0 Å². The highest BCUT2D eigenvalue weighted by molar-refractivity contribution is 7.91. The van der Waals surface area contributed by atoms with Gasteiger partial charge < -0.3 is 19.1 Å². The Hall–Kier alpha value is -1.59. The van der Waals surface area contributed by atoms with Gasteiger partial charge in [-0.1, -0.05) is 56.3 Å². The maximum atomic E-state index is 13.0. The van der Waals surface area contributed by atoms with Gasteiger partial charge in [0.2, 0.25) is 0 Å². The van der Waals surface area contributed by atoms with Crippen LogP contribution in [0.25, 0.3) is 0 Å². The Balaban J connectivity index is 1.24. The molecule has 1 aromatic rings. The summed E-state index contributed by atoms with van der Waals surface area (Å²) in [7, 11) is 0. The third-order valence-electron chi connectivity index (χ3n) is 11.1. The van der Waals surface area contributed by atoms with E-state index in [9.17, 15) is 36.4 Å². The zero-order valence-corrected chi connectivity index (χ0v) is 29.8. The Morgan fingerprint density at radius 3 is 2.27 bits per heavy atom. The largest absolute Gasteiger partial charge is 0.616 e. The Morgan fingerprint density at radius 1 is 0.958 bits per heavy atom. The van der Waals surface area contributed by atoms with Gasteiger partial charge in [-0.05, 0) is 131 Å². The molecule has 0 spiro atoms. The maximum Gasteiger partial charge on any atom is 0.514 e. The third kappa shape index (κ3) is 10.0. The van der Waals surface area contributed by atoms with Gasteiger partial charge in [-0.15, -0.1) is 0 Å². The van der Waals surface area contributed by atoms with E-state index in [1.54, 1.807) is 20.8 Å². The molecule has 3 aliphatic carbocycles. The topological polar surface area (TPSA) is 78.8 Å². The molecule has 0 amide bonds. The third-order valence-corrected chi connectivity index (χ3v) is 12.6. The molecule has 5 nitrogen and oxygen atoms in total. The van der Waals surface area contributed by atoms with Gasteiger partial charge in [-0.3, -0.25) is 0 Å². The molecule has 0 aromatic heterocycles. The van der Waals surface area contributed by atoms with Crippen LogP contribution in [0.3, 0.4) is 0 Å². The zero-order valence-electron chi connectivity index (χ0n) is 29.0. The van der Waals surface area contributed by atoms with Gasteiger partial charge >= 0.3 is 18.3 Å². The molecule has 2 saturated carbocycles. The molecule has 1 aromatic carbocycles. The molecule has 1 N–H and O–H groups in total. The normalized spacial score (nSPS) is 27.9. The first-order valence-corrected chi connectivity index (χ1v) is 19.4. The summed E-state index contributed by atoms with van der Waals surface area (Å²) >= 11 is -1.38. The Morgan fingerprint density at radius 2 is 1.60 bits per heavy atom. The van der Waals surface area contributed by atoms with Crippen molar-refractivity contribution in [1.82, 2.24) is 0 Å². The molecule has 274 valence electrons. The van der Waals surface area contributed by atoms with Crippen molar-refractivity contribution < 1.29 is 45.9 Å². The fraction of sp³-hybridized carbons (Fsp3) is 0.811. The number of benzene rings is 1. The summed E-state index contributed by atoms with van der Waals surface area (Å²) in [6.45, 7) is 7.71. The Bertz CT molecular complexity index is 1200. The molecule has 11 heteroatoms. The van der Waals surface area contributed by atoms with Crippen LogP contribution in [0.4, 0.5) is 26.7 Å². The first kappa shape index (κ1) is 39.2. The van der Waals surface area contributed by atoms with Crippen LogP contribution in [-0.4, -0.2) is 51.1 Å². The van der Waals surface area contributed by atoms with Crippen LogP contribution in [0, 0.1) is 23.2 Å². The predicted octanol–water partition coefficient (Wildman–Crippen LogP) is 10.3. The average Bonchev–Trinajstić information content (AvgIpc) is 3.28. The number of ether oxygens (including phenoxy) is 2. The highest BCUT2D eigenvalue weighted by Gasteiger charge is 2.57. The number of hydrogen-bond acceptors (Lipinski definition) is 5. The molecule has 48 heavy (non-hydrogen) atoms. The van der Waals surface area contributed by atoms with E-state index in [-0.39, 0.29) is 17.3 Å². The summed E-state index contributed by atoms with van der Waals surface area (Å²) in [6.07, 6.45) is 4.66. The summed E-state index contributed by atoms with van der Waals surface area (Å²) in [5.74, 6) is -2.08. The lowest BCUT2D eigenvalue weighted by Gasteiger charge is -2.53. The molecule has 0 heterocycles. The van der Waals surface area contributed by atoms with Crippen molar-refractivity contribution in [2.45, 2.75) is 154 Å². The van der Waals surface area contributed by atoms with E-state index in [1.807, 2.05) is 12.1 Å². The minimum Gasteiger partial charge on any atom is -0.616 e. The van der Waals surface area contributed by atoms with E-state index in [2.05, 4.69) is 13.0 Å². The second-order valence-electron chi connectivity index (χ2n) is 15.7. The summed E-state index contributed by atoms with van der Waals surface area (Å²) in [5.41, 5.74) is 1.93. The van der Waals surface area contributed by atoms with Crippen LogP contribution in [-0.2, 0) is 22.3 Å². The van der Waals surface area contributed by atoms with Crippen LogP contribution in [0.15, 0.2) is 18.2 Å². The van der Waals surface area contributed by atoms with Crippen molar-refractivity contribution in [3.05, 3.63) is 29.3 Å². The molecular formula is C37H55F5O5S. The lowest BCUT2D eigenvalue weighted by atomic mass is 9.52. The van der Waals surface area contributed by atoms with Gasteiger partial charge in [0.1, 0.15) is 22.9 Å². The smallest absolute Gasteiger partial charge is 0.514 e. The standard InChI is InChI=1S/C37H55F5O5S/c1-34(2,3)47-33(44)46-27-14-15-28-26(24-27)23-25(32-29(28)18-20-35(4)30(32)16-17-31(35)43)13-10-8-6-5-7-9-11-21-48(45)22-12-19-36(38,39)37(40,41)42/h14-15,24-25,29-32,43H,5-13,16-23H2,1-4H3/t25-,29-,30+,31+,32-,35+,48?/m1/s1. The van der Waals surface area contributed by atoms with Gasteiger partial charge in [0.15, 0.2) is 0 Å². The summed E-state index contributed by atoms with van der Waals surface area (Å²) in [5, 5.41) is 11.0. The van der Waals surface area contributed by atoms with Crippen molar-refractivity contribution in [2.24, 2.45) is 23.2 Å². The summed E-state index contributed by atoms with van der Waals surface area (Å²) < 4.78 is 85.8. The molecule has 0 aliphatic heterocycles. The number of carbonyl (C=O) groups excluding carboxylic acids is 1. The van der Waals surface area contributed by atoms with Crippen LogP contribution in [0.2, 0.25) is 0 Å². The Labute approximate surface area is 286 Å². The van der Waals surface area contributed by atoms with E-state index in [0.29, 0.717) is 41.6 Å². The van der Waals surface area contributed by atoms with Gasteiger partial charge in [0.05, 0.1) is 6.10 Å². The van der Waals surface area contributed by atoms with Gasteiger partial charge in [0.25, 0.3) is 0 Å². The van der Waals surface area contributed by atoms with E-state index in [4.69, 9.17) is 9.47 Å². The monoisotopic (exact) mass is 706 g/mol. The number of halogens is 5. The predicted molar refractivity (Wildman–Crippen MR) is 178 cm³/mol. The van der Waals surface area contributed by atoms with Crippen molar-refractivity contribution in [1.29, 1.82) is 0 Å². The molecule has 3 aliphatic rings. The minimum absolute atomic E-state index is 0.0332. The van der Waals surface area contributed by atoms with Crippen LogP contribution in [0.5, 0.6) is 5.75 Å². The van der Waals surface area contributed by atoms with Crippen molar-refractivity contribution >= 4 is 17.3 Å². The number of fused-ring (bicyclic) bond motifs is 5. The molecule has 0 radical (unpaired) electrons. The maximum absolute atomic E-state index is 13.0. The number of unbranched alkanes of at least 4 members (excludes halogenated alkanes) is 6. The SMILES string of the molecule is CC(C)(C)OC(=O)Oc1ccc2c(c1)C[C@@H](CCCCCCCCC[S+]([O-])CCCC(F)(F)C(F)(F)F)[C@@H]1[C@@H]2CC[C@]2(C)[C@@H](O)CC[C@@H]12. The molecule has 4 rings (SSSR count). The fourth-order valence-electron chi connectivity index (χ4n) is 8.70. The fourth-order valence-corrected chi connectivity index (χ4v) is 9.90. The number of aliphatic hydroxyl groups is 1. The van der Waals surface area contributed by atoms with E-state index >= 15 is 0 Å². The average molecular weight is 707 g/mol. The van der Waals surface area contributed by atoms with E-state index in [0.717, 1.165) is 77.0 Å². The second kappa shape index (κ2) is 16.2. The molecule has 2 fully saturated rings. The van der Waals surface area contributed by atoms with Crippen LogP contribution in [0.1, 0.15) is 135 Å². The zero-order chi connectivity index (χ0) is 35.3. The van der Waals surface area contributed by atoms with Crippen molar-refractivity contribution in [2.75, 3.05) is 11.5 Å². The molecular weight excluding hydrogens is 651 g/mol. The number of aliphatic hydroxyl groups excluding tert-OH is 1. The van der Waals surface area contributed by atoms with Gasteiger partial charge in [0, 0.05) is 6.42 Å². The number of alkyl halides is 5. The summed E-state index contributed by atoms with van der Waals surface area (Å²) in [6, 6.07) is 6.04. The van der Waals surface area contributed by atoms with Crippen LogP contribution < -0.4 is 4.74 Å². The lowest BCUT2D eigenvalue weighted by molar-refractivity contribution is -0.284. The molecule has 7 atom stereocenters. The highest BCUT2D eigenvalue weighted by atomic mass is 32.2. The minimum atomic E-state index is -5.56. The Kier molecular flexibility index (Phi) is 13.2. The van der Waals surface area contributed by atoms with Gasteiger partial charge in [-0.2, -0.15) is 22.0 Å². The molecule has 0 bridgehead atoms. The highest BCUT2D eigenvalue weighted by Crippen LogP contribution is 2.62. The number of hydrogen-bond donors (Lipinski definition) is 1.